The molecule has 0 aromatic heterocycles. The van der Waals surface area contributed by atoms with Gasteiger partial charge in [0.2, 0.25) is 5.91 Å². The zero-order valence-electron chi connectivity index (χ0n) is 11.9. The Morgan fingerprint density at radius 3 is 2.95 bits per heavy atom. The fourth-order valence-electron chi connectivity index (χ4n) is 2.67. The minimum atomic E-state index is 0.163. The molecule has 2 rings (SSSR count). The van der Waals surface area contributed by atoms with E-state index in [1.807, 2.05) is 24.3 Å². The molecule has 2 atom stereocenters. The predicted molar refractivity (Wildman–Crippen MR) is 87.2 cm³/mol. The van der Waals surface area contributed by atoms with Crippen molar-refractivity contribution >= 4 is 29.3 Å². The van der Waals surface area contributed by atoms with Crippen molar-refractivity contribution in [2.75, 3.05) is 5.75 Å². The first-order valence-electron chi connectivity index (χ1n) is 7.26. The van der Waals surface area contributed by atoms with Gasteiger partial charge < -0.3 is 5.32 Å². The Bertz CT molecular complexity index is 452. The number of amides is 1. The maximum Gasteiger partial charge on any atom is 0.230 e. The first kappa shape index (κ1) is 15.7. The molecule has 1 aromatic rings. The van der Waals surface area contributed by atoms with Crippen LogP contribution in [0.15, 0.2) is 24.3 Å². The fourth-order valence-corrected chi connectivity index (χ4v) is 3.67. The molecule has 0 radical (unpaired) electrons. The summed E-state index contributed by atoms with van der Waals surface area (Å²) in [6, 6.07) is 8.19. The van der Waals surface area contributed by atoms with Gasteiger partial charge in [-0.3, -0.25) is 4.79 Å². The van der Waals surface area contributed by atoms with Crippen molar-refractivity contribution in [3.8, 4) is 0 Å². The van der Waals surface area contributed by atoms with Crippen LogP contribution in [0.25, 0.3) is 0 Å². The van der Waals surface area contributed by atoms with Crippen molar-refractivity contribution in [3.05, 3.63) is 34.9 Å². The second kappa shape index (κ2) is 7.94. The lowest BCUT2D eigenvalue weighted by molar-refractivity contribution is -0.119. The molecule has 2 nitrogen and oxygen atoms in total. The van der Waals surface area contributed by atoms with Crippen LogP contribution < -0.4 is 5.32 Å². The van der Waals surface area contributed by atoms with Gasteiger partial charge in [0.25, 0.3) is 0 Å². The molecular formula is C16H22ClNOS. The molecule has 0 spiro atoms. The number of carbonyl (C=O) groups is 1. The summed E-state index contributed by atoms with van der Waals surface area (Å²) in [5.74, 6) is 2.13. The Kier molecular flexibility index (Phi) is 6.24. The van der Waals surface area contributed by atoms with Crippen molar-refractivity contribution in [2.45, 2.75) is 44.4 Å². The quantitative estimate of drug-likeness (QED) is 0.880. The molecule has 1 fully saturated rings. The lowest BCUT2D eigenvalue weighted by Gasteiger charge is -2.29. The zero-order valence-corrected chi connectivity index (χ0v) is 13.5. The van der Waals surface area contributed by atoms with Gasteiger partial charge in [0.05, 0.1) is 5.75 Å². The van der Waals surface area contributed by atoms with E-state index in [0.717, 1.165) is 17.2 Å². The van der Waals surface area contributed by atoms with E-state index in [0.29, 0.717) is 17.7 Å². The first-order valence-corrected chi connectivity index (χ1v) is 8.80. The van der Waals surface area contributed by atoms with Crippen LogP contribution in [0.2, 0.25) is 5.02 Å². The third-order valence-electron chi connectivity index (χ3n) is 3.85. The van der Waals surface area contributed by atoms with E-state index in [2.05, 4.69) is 12.2 Å². The highest BCUT2D eigenvalue weighted by Gasteiger charge is 2.22. The molecule has 2 unspecified atom stereocenters. The van der Waals surface area contributed by atoms with Gasteiger partial charge in [0.15, 0.2) is 0 Å². The van der Waals surface area contributed by atoms with Gasteiger partial charge in [0.1, 0.15) is 0 Å². The van der Waals surface area contributed by atoms with Gasteiger partial charge in [-0.15, -0.1) is 11.8 Å². The maximum absolute atomic E-state index is 12.0. The molecule has 0 heterocycles. The summed E-state index contributed by atoms with van der Waals surface area (Å²) in [5.41, 5.74) is 1.17. The van der Waals surface area contributed by atoms with Gasteiger partial charge >= 0.3 is 0 Å². The number of hydrogen-bond acceptors (Lipinski definition) is 2. The molecule has 1 aromatic carbocycles. The average molecular weight is 312 g/mol. The number of nitrogens with one attached hydrogen (secondary N) is 1. The summed E-state index contributed by atoms with van der Waals surface area (Å²) in [7, 11) is 0. The molecule has 20 heavy (non-hydrogen) atoms. The normalized spacial score (nSPS) is 22.5. The van der Waals surface area contributed by atoms with Crippen LogP contribution >= 0.6 is 23.4 Å². The third-order valence-corrected chi connectivity index (χ3v) is 5.09. The molecule has 1 amide bonds. The first-order chi connectivity index (χ1) is 9.65. The zero-order chi connectivity index (χ0) is 14.4. The highest BCUT2D eigenvalue weighted by Crippen LogP contribution is 2.24. The highest BCUT2D eigenvalue weighted by molar-refractivity contribution is 7.99. The summed E-state index contributed by atoms with van der Waals surface area (Å²) in [5, 5.41) is 3.93. The molecule has 4 heteroatoms. The molecule has 0 saturated heterocycles. The third kappa shape index (κ3) is 5.02. The van der Waals surface area contributed by atoms with Crippen LogP contribution in [0.4, 0.5) is 0 Å². The van der Waals surface area contributed by atoms with Gasteiger partial charge in [-0.05, 0) is 36.5 Å². The molecule has 1 aliphatic carbocycles. The Morgan fingerprint density at radius 2 is 2.20 bits per heavy atom. The fraction of sp³-hybridized carbons (Fsp3) is 0.562. The Labute approximate surface area is 130 Å². The van der Waals surface area contributed by atoms with Gasteiger partial charge in [-0.2, -0.15) is 0 Å². The minimum absolute atomic E-state index is 0.163. The minimum Gasteiger partial charge on any atom is -0.352 e. The van der Waals surface area contributed by atoms with Crippen LogP contribution in [0.5, 0.6) is 0 Å². The summed E-state index contributed by atoms with van der Waals surface area (Å²) < 4.78 is 0. The van der Waals surface area contributed by atoms with Crippen molar-refractivity contribution in [2.24, 2.45) is 5.92 Å². The lowest BCUT2D eigenvalue weighted by atomic mass is 9.86. The number of thioether (sulfide) groups is 1. The van der Waals surface area contributed by atoms with Crippen molar-refractivity contribution < 1.29 is 4.79 Å². The second-order valence-corrected chi connectivity index (χ2v) is 6.98. The Morgan fingerprint density at radius 1 is 1.40 bits per heavy atom. The SMILES string of the molecule is CC1CCCCC1NC(=O)CSCc1cccc(Cl)c1. The predicted octanol–water partition coefficient (Wildman–Crippen LogP) is 4.27. The average Bonchev–Trinajstić information content (AvgIpc) is 2.41. The van der Waals surface area contributed by atoms with Crippen LogP contribution in [0.1, 0.15) is 38.2 Å². The molecule has 0 bridgehead atoms. The van der Waals surface area contributed by atoms with E-state index in [1.165, 1.54) is 24.8 Å². The van der Waals surface area contributed by atoms with E-state index in [4.69, 9.17) is 11.6 Å². The largest absolute Gasteiger partial charge is 0.352 e. The van der Waals surface area contributed by atoms with Crippen LogP contribution in [-0.2, 0) is 10.5 Å². The van der Waals surface area contributed by atoms with E-state index in [1.54, 1.807) is 11.8 Å². The topological polar surface area (TPSA) is 29.1 Å². The van der Waals surface area contributed by atoms with Gasteiger partial charge in [0, 0.05) is 16.8 Å². The van der Waals surface area contributed by atoms with Gasteiger partial charge in [-0.1, -0.05) is 43.5 Å². The number of benzene rings is 1. The Hall–Kier alpha value is -0.670. The molecule has 1 aliphatic rings. The van der Waals surface area contributed by atoms with E-state index in [-0.39, 0.29) is 5.91 Å². The molecule has 1 saturated carbocycles. The van der Waals surface area contributed by atoms with E-state index in [9.17, 15) is 4.79 Å². The van der Waals surface area contributed by atoms with E-state index < -0.39 is 0 Å². The highest BCUT2D eigenvalue weighted by atomic mass is 35.5. The maximum atomic E-state index is 12.0. The Balaban J connectivity index is 1.70. The van der Waals surface area contributed by atoms with Crippen molar-refractivity contribution in [3.63, 3.8) is 0 Å². The second-order valence-electron chi connectivity index (χ2n) is 5.56. The summed E-state index contributed by atoms with van der Waals surface area (Å²) in [6.45, 7) is 2.24. The van der Waals surface area contributed by atoms with E-state index >= 15 is 0 Å². The monoisotopic (exact) mass is 311 g/mol. The molecule has 1 N–H and O–H groups in total. The number of halogens is 1. The summed E-state index contributed by atoms with van der Waals surface area (Å²) >= 11 is 7.58. The van der Waals surface area contributed by atoms with Crippen LogP contribution in [-0.4, -0.2) is 17.7 Å². The van der Waals surface area contributed by atoms with Gasteiger partial charge in [-0.25, -0.2) is 0 Å². The van der Waals surface area contributed by atoms with Crippen LogP contribution in [0, 0.1) is 5.92 Å². The number of hydrogen-bond donors (Lipinski definition) is 1. The standard InChI is InChI=1S/C16H22ClNOS/c1-12-5-2-3-8-15(12)18-16(19)11-20-10-13-6-4-7-14(17)9-13/h4,6-7,9,12,15H,2-3,5,8,10-11H2,1H3,(H,18,19). The number of rotatable bonds is 5. The lowest BCUT2D eigenvalue weighted by Crippen LogP contribution is -2.41. The van der Waals surface area contributed by atoms with Crippen molar-refractivity contribution in [1.82, 2.24) is 5.32 Å². The smallest absolute Gasteiger partial charge is 0.230 e. The number of carbonyl (C=O) groups excluding carboxylic acids is 1. The molecule has 110 valence electrons. The molecular weight excluding hydrogens is 290 g/mol. The summed E-state index contributed by atoms with van der Waals surface area (Å²) in [4.78, 5) is 12.0. The van der Waals surface area contributed by atoms with Crippen molar-refractivity contribution in [1.29, 1.82) is 0 Å². The molecule has 0 aliphatic heterocycles. The summed E-state index contributed by atoms with van der Waals surface area (Å²) in [6.07, 6.45) is 4.91. The van der Waals surface area contributed by atoms with Crippen LogP contribution in [0.3, 0.4) is 0 Å².